The van der Waals surface area contributed by atoms with Gasteiger partial charge < -0.3 is 4.43 Å². The van der Waals surface area contributed by atoms with Crippen molar-refractivity contribution in [1.82, 2.24) is 0 Å². The zero-order valence-corrected chi connectivity index (χ0v) is 10.4. The van der Waals surface area contributed by atoms with Crippen molar-refractivity contribution in [2.24, 2.45) is 5.41 Å². The zero-order chi connectivity index (χ0) is 9.45. The molecule has 0 radical (unpaired) electrons. The highest BCUT2D eigenvalue weighted by Gasteiger charge is 2.02. The first-order chi connectivity index (χ1) is 5.56. The molecule has 0 saturated carbocycles. The molecule has 0 aliphatic rings. The number of allylic oxidation sites excluding steroid dienone is 2. The summed E-state index contributed by atoms with van der Waals surface area (Å²) < 4.78 is 5.35. The van der Waals surface area contributed by atoms with Crippen LogP contribution in [0.3, 0.4) is 0 Å². The first-order valence-electron chi connectivity index (χ1n) is 4.37. The minimum Gasteiger partial charge on any atom is -0.422 e. The van der Waals surface area contributed by atoms with Crippen molar-refractivity contribution in [2.75, 3.05) is 12.5 Å². The van der Waals surface area contributed by atoms with Gasteiger partial charge in [-0.15, -0.1) is 11.6 Å². The normalized spacial score (nSPS) is 13.7. The molecule has 3 heteroatoms. The molecule has 0 N–H and O–H groups in total. The summed E-state index contributed by atoms with van der Waals surface area (Å²) in [4.78, 5) is 0. The van der Waals surface area contributed by atoms with Gasteiger partial charge >= 0.3 is 0 Å². The van der Waals surface area contributed by atoms with E-state index < -0.39 is 0 Å². The van der Waals surface area contributed by atoms with E-state index in [0.717, 1.165) is 12.7 Å². The van der Waals surface area contributed by atoms with Crippen LogP contribution in [0.1, 0.15) is 20.8 Å². The van der Waals surface area contributed by atoms with Crippen molar-refractivity contribution in [2.45, 2.75) is 26.8 Å². The van der Waals surface area contributed by atoms with Crippen LogP contribution in [0.5, 0.6) is 0 Å². The smallest absolute Gasteiger partial charge is 0.165 e. The lowest BCUT2D eigenvalue weighted by Gasteiger charge is -2.10. The van der Waals surface area contributed by atoms with Gasteiger partial charge in [0.1, 0.15) is 0 Å². The van der Waals surface area contributed by atoms with E-state index in [2.05, 4.69) is 32.9 Å². The van der Waals surface area contributed by atoms with E-state index in [1.165, 1.54) is 0 Å². The average Bonchev–Trinajstić information content (AvgIpc) is 1.94. The first-order valence-corrected chi connectivity index (χ1v) is 6.49. The topological polar surface area (TPSA) is 9.23 Å². The Morgan fingerprint density at radius 2 is 2.08 bits per heavy atom. The lowest BCUT2D eigenvalue weighted by Crippen LogP contribution is -2.01. The van der Waals surface area contributed by atoms with Crippen molar-refractivity contribution in [3.63, 3.8) is 0 Å². The molecular weight excluding hydrogens is 188 g/mol. The molecule has 0 heterocycles. The number of rotatable bonds is 5. The van der Waals surface area contributed by atoms with Crippen molar-refractivity contribution >= 4 is 21.4 Å². The molecule has 0 aromatic heterocycles. The molecule has 72 valence electrons. The van der Waals surface area contributed by atoms with E-state index in [-0.39, 0.29) is 9.76 Å². The van der Waals surface area contributed by atoms with Crippen molar-refractivity contribution in [1.29, 1.82) is 0 Å². The second-order valence-corrected chi connectivity index (χ2v) is 5.63. The minimum atomic E-state index is -0.340. The van der Waals surface area contributed by atoms with E-state index in [4.69, 9.17) is 16.0 Å². The summed E-state index contributed by atoms with van der Waals surface area (Å²) in [5.74, 6) is 0.621. The van der Waals surface area contributed by atoms with Crippen molar-refractivity contribution in [3.8, 4) is 0 Å². The van der Waals surface area contributed by atoms with Crippen LogP contribution >= 0.6 is 11.6 Å². The SMILES string of the molecule is CC(C)(C)C=CC[SiH2]OCCCl. The maximum atomic E-state index is 5.47. The standard InChI is InChI=1S/C9H19ClOSi/c1-9(2,3)5-4-8-12-11-7-6-10/h4-5H,6-8,12H2,1-3H3. The highest BCUT2D eigenvalue weighted by molar-refractivity contribution is 6.28. The predicted molar refractivity (Wildman–Crippen MR) is 58.6 cm³/mol. The molecule has 12 heavy (non-hydrogen) atoms. The maximum absolute atomic E-state index is 5.47. The largest absolute Gasteiger partial charge is 0.422 e. The Morgan fingerprint density at radius 3 is 2.58 bits per heavy atom. The summed E-state index contributed by atoms with van der Waals surface area (Å²) in [5, 5.41) is 0. The molecule has 0 aliphatic heterocycles. The quantitative estimate of drug-likeness (QED) is 0.291. The van der Waals surface area contributed by atoms with E-state index in [1.807, 2.05) is 0 Å². The Bertz CT molecular complexity index is 129. The van der Waals surface area contributed by atoms with Crippen LogP contribution in [0.15, 0.2) is 12.2 Å². The molecule has 1 nitrogen and oxygen atoms in total. The predicted octanol–water partition coefficient (Wildman–Crippen LogP) is 2.35. The van der Waals surface area contributed by atoms with Gasteiger partial charge in [-0.1, -0.05) is 32.9 Å². The molecule has 0 bridgehead atoms. The Hall–Kier alpha value is 0.207. The second kappa shape index (κ2) is 6.69. The van der Waals surface area contributed by atoms with Gasteiger partial charge in [-0.3, -0.25) is 0 Å². The molecule has 0 aromatic rings. The third-order valence-corrected chi connectivity index (χ3v) is 2.57. The van der Waals surface area contributed by atoms with E-state index in [9.17, 15) is 0 Å². The monoisotopic (exact) mass is 206 g/mol. The molecule has 0 aliphatic carbocycles. The Kier molecular flexibility index (Phi) is 6.81. The lowest BCUT2D eigenvalue weighted by molar-refractivity contribution is 0.364. The summed E-state index contributed by atoms with van der Waals surface area (Å²) in [6.07, 6.45) is 4.46. The average molecular weight is 207 g/mol. The Balaban J connectivity index is 3.25. The summed E-state index contributed by atoms with van der Waals surface area (Å²) in [6.45, 7) is 7.32. The third-order valence-electron chi connectivity index (χ3n) is 1.27. The van der Waals surface area contributed by atoms with Crippen molar-refractivity contribution < 1.29 is 4.43 Å². The highest BCUT2D eigenvalue weighted by atomic mass is 35.5. The van der Waals surface area contributed by atoms with Crippen LogP contribution in [0.4, 0.5) is 0 Å². The number of hydrogen-bond donors (Lipinski definition) is 0. The molecule has 0 spiro atoms. The Morgan fingerprint density at radius 1 is 1.42 bits per heavy atom. The summed E-state index contributed by atoms with van der Waals surface area (Å²) in [5.41, 5.74) is 0.306. The number of halogens is 1. The van der Waals surface area contributed by atoms with Crippen molar-refractivity contribution in [3.05, 3.63) is 12.2 Å². The second-order valence-electron chi connectivity index (χ2n) is 3.86. The molecule has 0 aromatic carbocycles. The Labute approximate surface area is 83.1 Å². The van der Waals surface area contributed by atoms with Gasteiger partial charge in [-0.25, -0.2) is 0 Å². The van der Waals surface area contributed by atoms with Crippen LogP contribution in [-0.4, -0.2) is 22.3 Å². The first kappa shape index (κ1) is 12.2. The fourth-order valence-electron chi connectivity index (χ4n) is 0.745. The number of alkyl halides is 1. The van der Waals surface area contributed by atoms with E-state index >= 15 is 0 Å². The lowest BCUT2D eigenvalue weighted by atomic mass is 9.97. The molecular formula is C9H19ClOSi. The van der Waals surface area contributed by atoms with Crippen LogP contribution in [-0.2, 0) is 4.43 Å². The van der Waals surface area contributed by atoms with Gasteiger partial charge in [0.25, 0.3) is 0 Å². The van der Waals surface area contributed by atoms with Gasteiger partial charge in [0.05, 0.1) is 0 Å². The van der Waals surface area contributed by atoms with Gasteiger partial charge in [0.15, 0.2) is 9.76 Å². The van der Waals surface area contributed by atoms with Crippen LogP contribution in [0, 0.1) is 5.41 Å². The highest BCUT2D eigenvalue weighted by Crippen LogP contribution is 2.14. The van der Waals surface area contributed by atoms with Gasteiger partial charge in [0.2, 0.25) is 0 Å². The fourth-order valence-corrected chi connectivity index (χ4v) is 1.85. The van der Waals surface area contributed by atoms with Crippen LogP contribution in [0.25, 0.3) is 0 Å². The van der Waals surface area contributed by atoms with E-state index in [0.29, 0.717) is 11.3 Å². The molecule has 0 rings (SSSR count). The van der Waals surface area contributed by atoms with E-state index in [1.54, 1.807) is 0 Å². The molecule has 0 unspecified atom stereocenters. The number of hydrogen-bond acceptors (Lipinski definition) is 1. The zero-order valence-electron chi connectivity index (χ0n) is 8.27. The molecule has 0 atom stereocenters. The summed E-state index contributed by atoms with van der Waals surface area (Å²) >= 11 is 5.47. The summed E-state index contributed by atoms with van der Waals surface area (Å²) in [7, 11) is -0.340. The van der Waals surface area contributed by atoms with Crippen LogP contribution < -0.4 is 0 Å². The van der Waals surface area contributed by atoms with Gasteiger partial charge in [-0.2, -0.15) is 0 Å². The third kappa shape index (κ3) is 10.2. The maximum Gasteiger partial charge on any atom is 0.165 e. The summed E-state index contributed by atoms with van der Waals surface area (Å²) in [6, 6.07) is 1.12. The van der Waals surface area contributed by atoms with Crippen LogP contribution in [0.2, 0.25) is 6.04 Å². The fraction of sp³-hybridized carbons (Fsp3) is 0.778. The molecule has 0 saturated heterocycles. The van der Waals surface area contributed by atoms with Gasteiger partial charge in [0, 0.05) is 12.5 Å². The minimum absolute atomic E-state index is 0.306. The van der Waals surface area contributed by atoms with Gasteiger partial charge in [-0.05, 0) is 11.5 Å². The molecule has 0 fully saturated rings. The molecule has 0 amide bonds.